The lowest BCUT2D eigenvalue weighted by atomic mass is 10.2. The standard InChI is InChI=1S/C15H17NO/c1-3-17-15-11-14(10-9-12(15)2)16-13-7-5-4-6-8-13/h4-11,16H,3H2,1-2H3. The highest BCUT2D eigenvalue weighted by Crippen LogP contribution is 2.25. The molecule has 2 rings (SSSR count). The Kier molecular flexibility index (Phi) is 3.66. The third-order valence-corrected chi connectivity index (χ3v) is 2.55. The van der Waals surface area contributed by atoms with Gasteiger partial charge in [0.05, 0.1) is 6.61 Å². The van der Waals surface area contributed by atoms with Gasteiger partial charge in [0.1, 0.15) is 5.75 Å². The van der Waals surface area contributed by atoms with Gasteiger partial charge in [-0.1, -0.05) is 24.3 Å². The average molecular weight is 227 g/mol. The van der Waals surface area contributed by atoms with Gasteiger partial charge in [-0.05, 0) is 37.6 Å². The molecule has 0 atom stereocenters. The zero-order valence-electron chi connectivity index (χ0n) is 10.2. The molecule has 0 radical (unpaired) electrons. The van der Waals surface area contributed by atoms with E-state index >= 15 is 0 Å². The topological polar surface area (TPSA) is 21.3 Å². The van der Waals surface area contributed by atoms with Crippen LogP contribution in [0.2, 0.25) is 0 Å². The van der Waals surface area contributed by atoms with Crippen LogP contribution in [-0.4, -0.2) is 6.61 Å². The van der Waals surface area contributed by atoms with Gasteiger partial charge in [-0.3, -0.25) is 0 Å². The van der Waals surface area contributed by atoms with Gasteiger partial charge in [0.25, 0.3) is 0 Å². The minimum atomic E-state index is 0.690. The van der Waals surface area contributed by atoms with Crippen molar-refractivity contribution >= 4 is 11.4 Å². The third-order valence-electron chi connectivity index (χ3n) is 2.55. The fraction of sp³-hybridized carbons (Fsp3) is 0.200. The minimum absolute atomic E-state index is 0.690. The molecule has 2 heteroatoms. The molecule has 2 aromatic rings. The van der Waals surface area contributed by atoms with E-state index < -0.39 is 0 Å². The van der Waals surface area contributed by atoms with Crippen LogP contribution in [0.1, 0.15) is 12.5 Å². The van der Waals surface area contributed by atoms with Gasteiger partial charge in [-0.15, -0.1) is 0 Å². The zero-order valence-corrected chi connectivity index (χ0v) is 10.2. The zero-order chi connectivity index (χ0) is 12.1. The number of nitrogens with one attached hydrogen (secondary N) is 1. The van der Waals surface area contributed by atoms with Crippen molar-refractivity contribution in [3.8, 4) is 5.75 Å². The summed E-state index contributed by atoms with van der Waals surface area (Å²) in [5.74, 6) is 0.938. The Bertz CT molecular complexity index is 480. The predicted octanol–water partition coefficient (Wildman–Crippen LogP) is 4.14. The summed E-state index contributed by atoms with van der Waals surface area (Å²) in [7, 11) is 0. The van der Waals surface area contributed by atoms with Crippen molar-refractivity contribution < 1.29 is 4.74 Å². The van der Waals surface area contributed by atoms with Crippen molar-refractivity contribution in [2.24, 2.45) is 0 Å². The fourth-order valence-corrected chi connectivity index (χ4v) is 1.68. The highest BCUT2D eigenvalue weighted by molar-refractivity contribution is 5.62. The SMILES string of the molecule is CCOc1cc(Nc2ccccc2)ccc1C. The van der Waals surface area contributed by atoms with Gasteiger partial charge < -0.3 is 10.1 Å². The van der Waals surface area contributed by atoms with Crippen molar-refractivity contribution in [1.82, 2.24) is 0 Å². The van der Waals surface area contributed by atoms with E-state index in [4.69, 9.17) is 4.74 Å². The van der Waals surface area contributed by atoms with E-state index in [2.05, 4.69) is 24.4 Å². The Hall–Kier alpha value is -1.96. The summed E-state index contributed by atoms with van der Waals surface area (Å²) in [5, 5.41) is 3.35. The molecule has 88 valence electrons. The lowest BCUT2D eigenvalue weighted by molar-refractivity contribution is 0.338. The van der Waals surface area contributed by atoms with Crippen LogP contribution in [0.5, 0.6) is 5.75 Å². The fourth-order valence-electron chi connectivity index (χ4n) is 1.68. The van der Waals surface area contributed by atoms with E-state index in [-0.39, 0.29) is 0 Å². The number of hydrogen-bond donors (Lipinski definition) is 1. The van der Waals surface area contributed by atoms with Crippen molar-refractivity contribution in [2.75, 3.05) is 11.9 Å². The first kappa shape index (κ1) is 11.5. The van der Waals surface area contributed by atoms with E-state index in [1.54, 1.807) is 0 Å². The first-order valence-electron chi connectivity index (χ1n) is 5.85. The van der Waals surface area contributed by atoms with Crippen LogP contribution in [0, 0.1) is 6.92 Å². The second kappa shape index (κ2) is 5.39. The number of aryl methyl sites for hydroxylation is 1. The smallest absolute Gasteiger partial charge is 0.124 e. The van der Waals surface area contributed by atoms with E-state index in [1.807, 2.05) is 43.3 Å². The molecule has 1 N–H and O–H groups in total. The summed E-state index contributed by atoms with van der Waals surface area (Å²) in [6, 6.07) is 16.3. The molecule has 17 heavy (non-hydrogen) atoms. The van der Waals surface area contributed by atoms with Gasteiger partial charge in [0.15, 0.2) is 0 Å². The average Bonchev–Trinajstić information content (AvgIpc) is 2.35. The summed E-state index contributed by atoms with van der Waals surface area (Å²) in [4.78, 5) is 0. The molecule has 0 aliphatic rings. The second-order valence-electron chi connectivity index (χ2n) is 3.90. The molecule has 0 heterocycles. The number of hydrogen-bond acceptors (Lipinski definition) is 2. The number of anilines is 2. The van der Waals surface area contributed by atoms with Gasteiger partial charge in [0.2, 0.25) is 0 Å². The monoisotopic (exact) mass is 227 g/mol. The molecule has 0 bridgehead atoms. The molecule has 0 spiro atoms. The van der Waals surface area contributed by atoms with Gasteiger partial charge in [-0.25, -0.2) is 0 Å². The summed E-state index contributed by atoms with van der Waals surface area (Å²) in [6.07, 6.45) is 0. The molecular formula is C15H17NO. The number of rotatable bonds is 4. The quantitative estimate of drug-likeness (QED) is 0.847. The van der Waals surface area contributed by atoms with E-state index in [0.717, 1.165) is 22.7 Å². The number of ether oxygens (including phenoxy) is 1. The molecule has 0 unspecified atom stereocenters. The lowest BCUT2D eigenvalue weighted by Gasteiger charge is -2.11. The summed E-state index contributed by atoms with van der Waals surface area (Å²) in [5.41, 5.74) is 3.29. The Morgan fingerprint density at radius 3 is 2.47 bits per heavy atom. The van der Waals surface area contributed by atoms with Crippen molar-refractivity contribution in [2.45, 2.75) is 13.8 Å². The van der Waals surface area contributed by atoms with Crippen molar-refractivity contribution in [1.29, 1.82) is 0 Å². The maximum Gasteiger partial charge on any atom is 0.124 e. The maximum atomic E-state index is 5.57. The summed E-state index contributed by atoms with van der Waals surface area (Å²) >= 11 is 0. The van der Waals surface area contributed by atoms with Crippen molar-refractivity contribution in [3.63, 3.8) is 0 Å². The van der Waals surface area contributed by atoms with Crippen LogP contribution < -0.4 is 10.1 Å². The van der Waals surface area contributed by atoms with Crippen molar-refractivity contribution in [3.05, 3.63) is 54.1 Å². The van der Waals surface area contributed by atoms with Crippen LogP contribution >= 0.6 is 0 Å². The Labute approximate surface area is 102 Å². The van der Waals surface area contributed by atoms with E-state index in [9.17, 15) is 0 Å². The Balaban J connectivity index is 2.19. The molecule has 0 saturated carbocycles. The Morgan fingerprint density at radius 2 is 1.76 bits per heavy atom. The molecule has 0 fully saturated rings. The largest absolute Gasteiger partial charge is 0.494 e. The molecular weight excluding hydrogens is 210 g/mol. The molecule has 0 aromatic heterocycles. The predicted molar refractivity (Wildman–Crippen MR) is 72.1 cm³/mol. The first-order chi connectivity index (χ1) is 8.29. The maximum absolute atomic E-state index is 5.57. The molecule has 0 saturated heterocycles. The van der Waals surface area contributed by atoms with Crippen LogP contribution in [-0.2, 0) is 0 Å². The van der Waals surface area contributed by atoms with E-state index in [1.165, 1.54) is 0 Å². The molecule has 0 amide bonds. The van der Waals surface area contributed by atoms with Gasteiger partial charge in [-0.2, -0.15) is 0 Å². The van der Waals surface area contributed by atoms with Gasteiger partial charge >= 0.3 is 0 Å². The third kappa shape index (κ3) is 3.00. The minimum Gasteiger partial charge on any atom is -0.494 e. The summed E-state index contributed by atoms with van der Waals surface area (Å²) < 4.78 is 5.57. The number of para-hydroxylation sites is 1. The van der Waals surface area contributed by atoms with Crippen LogP contribution in [0.25, 0.3) is 0 Å². The molecule has 0 aliphatic carbocycles. The molecule has 2 aromatic carbocycles. The van der Waals surface area contributed by atoms with Crippen LogP contribution in [0.15, 0.2) is 48.5 Å². The van der Waals surface area contributed by atoms with Crippen LogP contribution in [0.3, 0.4) is 0 Å². The number of benzene rings is 2. The first-order valence-corrected chi connectivity index (χ1v) is 5.85. The highest BCUT2D eigenvalue weighted by atomic mass is 16.5. The lowest BCUT2D eigenvalue weighted by Crippen LogP contribution is -1.96. The van der Waals surface area contributed by atoms with Gasteiger partial charge in [0, 0.05) is 17.4 Å². The highest BCUT2D eigenvalue weighted by Gasteiger charge is 2.01. The Morgan fingerprint density at radius 1 is 1.00 bits per heavy atom. The normalized spacial score (nSPS) is 10.0. The second-order valence-corrected chi connectivity index (χ2v) is 3.90. The summed E-state index contributed by atoms with van der Waals surface area (Å²) in [6.45, 7) is 4.74. The molecule has 0 aliphatic heterocycles. The van der Waals surface area contributed by atoms with E-state index in [0.29, 0.717) is 6.61 Å². The molecule has 2 nitrogen and oxygen atoms in total. The van der Waals surface area contributed by atoms with Crippen LogP contribution in [0.4, 0.5) is 11.4 Å².